The van der Waals surface area contributed by atoms with Crippen molar-refractivity contribution in [3.63, 3.8) is 0 Å². The number of thiazole rings is 1. The first-order valence-electron chi connectivity index (χ1n) is 7.79. The molecule has 0 fully saturated rings. The second-order valence-electron chi connectivity index (χ2n) is 5.59. The van der Waals surface area contributed by atoms with Crippen LogP contribution >= 0.6 is 11.3 Å². The molecule has 2 amide bonds. The first kappa shape index (κ1) is 15.5. The van der Waals surface area contributed by atoms with Crippen molar-refractivity contribution < 1.29 is 4.79 Å². The maximum absolute atomic E-state index is 11.5. The fraction of sp³-hybridized carbons (Fsp3) is 0.188. The van der Waals surface area contributed by atoms with Crippen molar-refractivity contribution in [3.05, 3.63) is 35.7 Å². The normalized spacial score (nSPS) is 12.9. The van der Waals surface area contributed by atoms with Crippen molar-refractivity contribution in [1.29, 1.82) is 0 Å². The van der Waals surface area contributed by atoms with Crippen molar-refractivity contribution >= 4 is 39.8 Å². The van der Waals surface area contributed by atoms with E-state index in [9.17, 15) is 4.79 Å². The highest BCUT2D eigenvalue weighted by molar-refractivity contribution is 7.13. The molecular weight excluding hydrogens is 338 g/mol. The Labute approximate surface area is 148 Å². The highest BCUT2D eigenvalue weighted by Crippen LogP contribution is 2.34. The highest BCUT2D eigenvalue weighted by atomic mass is 32.1. The van der Waals surface area contributed by atoms with Gasteiger partial charge in [0.2, 0.25) is 0 Å². The van der Waals surface area contributed by atoms with Crippen LogP contribution in [0.1, 0.15) is 0 Å². The van der Waals surface area contributed by atoms with Gasteiger partial charge in [0, 0.05) is 36.3 Å². The second kappa shape index (κ2) is 6.10. The van der Waals surface area contributed by atoms with E-state index in [-0.39, 0.29) is 6.03 Å². The molecule has 1 aromatic carbocycles. The highest BCUT2D eigenvalue weighted by Gasteiger charge is 2.23. The summed E-state index contributed by atoms with van der Waals surface area (Å²) in [5, 5.41) is 12.1. The largest absolute Gasteiger partial charge is 0.375 e. The third-order valence-corrected chi connectivity index (χ3v) is 4.69. The fourth-order valence-electron chi connectivity index (χ4n) is 2.85. The number of nitrogens with two attached hydrogens (primary N) is 1. The minimum absolute atomic E-state index is 0.286. The number of urea groups is 1. The maximum atomic E-state index is 11.5. The van der Waals surface area contributed by atoms with Gasteiger partial charge in [-0.2, -0.15) is 5.10 Å². The van der Waals surface area contributed by atoms with Gasteiger partial charge in [0.15, 0.2) is 10.9 Å². The Kier molecular flexibility index (Phi) is 3.77. The summed E-state index contributed by atoms with van der Waals surface area (Å²) in [6, 6.07) is 9.74. The molecule has 0 atom stereocenters. The monoisotopic (exact) mass is 355 g/mol. The Morgan fingerprint density at radius 1 is 1.32 bits per heavy atom. The third-order valence-electron chi connectivity index (χ3n) is 4.01. The van der Waals surface area contributed by atoms with Gasteiger partial charge in [-0.05, 0) is 12.1 Å². The quantitative estimate of drug-likeness (QED) is 0.670. The molecule has 3 aromatic rings. The molecule has 0 bridgehead atoms. The summed E-state index contributed by atoms with van der Waals surface area (Å²) >= 11 is 1.43. The number of nitrogens with one attached hydrogen (secondary N) is 2. The minimum atomic E-state index is -0.286. The van der Waals surface area contributed by atoms with Crippen LogP contribution in [-0.2, 0) is 6.54 Å². The van der Waals surface area contributed by atoms with Gasteiger partial charge in [-0.3, -0.25) is 5.32 Å². The number of anilines is 4. The van der Waals surface area contributed by atoms with Gasteiger partial charge in [-0.1, -0.05) is 12.1 Å². The van der Waals surface area contributed by atoms with Crippen LogP contribution in [0.2, 0.25) is 0 Å². The van der Waals surface area contributed by atoms with Crippen LogP contribution in [0.4, 0.5) is 27.2 Å². The lowest BCUT2D eigenvalue weighted by atomic mass is 10.1. The summed E-state index contributed by atoms with van der Waals surface area (Å²) in [4.78, 5) is 18.0. The molecular formula is C16H17N7OS. The zero-order valence-corrected chi connectivity index (χ0v) is 14.4. The standard InChI is InChI=1S/C16H17N7OS/c1-18-16(24)20-13-8-14-22(5-6-23(14)21-13)11-4-2-3-10(7-11)12-9-25-15(17)19-12/h2-4,7-9H,5-6H2,1H3,(H2,17,19)(H2,18,20,21,24). The average Bonchev–Trinajstić information content (AvgIpc) is 3.30. The summed E-state index contributed by atoms with van der Waals surface area (Å²) < 4.78 is 1.89. The Hall–Kier alpha value is -3.07. The molecule has 4 rings (SSSR count). The van der Waals surface area contributed by atoms with Crippen molar-refractivity contribution in [2.75, 3.05) is 29.5 Å². The van der Waals surface area contributed by atoms with E-state index in [1.807, 2.05) is 34.3 Å². The number of hydrogen-bond acceptors (Lipinski definition) is 6. The minimum Gasteiger partial charge on any atom is -0.375 e. The number of hydrogen-bond donors (Lipinski definition) is 3. The van der Waals surface area contributed by atoms with Crippen molar-refractivity contribution in [3.8, 4) is 11.3 Å². The number of aromatic nitrogens is 3. The molecule has 0 saturated carbocycles. The van der Waals surface area contributed by atoms with Gasteiger partial charge >= 0.3 is 6.03 Å². The number of carbonyl (C=O) groups excluding carboxylic acids is 1. The molecule has 0 radical (unpaired) electrons. The van der Waals surface area contributed by atoms with Crippen LogP contribution in [0, 0.1) is 0 Å². The van der Waals surface area contributed by atoms with E-state index in [0.717, 1.165) is 35.9 Å². The van der Waals surface area contributed by atoms with E-state index >= 15 is 0 Å². The van der Waals surface area contributed by atoms with E-state index in [1.165, 1.54) is 11.3 Å². The van der Waals surface area contributed by atoms with Crippen LogP contribution in [0.25, 0.3) is 11.3 Å². The van der Waals surface area contributed by atoms with Gasteiger partial charge in [-0.15, -0.1) is 11.3 Å². The third kappa shape index (κ3) is 2.89. The summed E-state index contributed by atoms with van der Waals surface area (Å²) in [6.07, 6.45) is 0. The van der Waals surface area contributed by atoms with Crippen LogP contribution in [0.5, 0.6) is 0 Å². The van der Waals surface area contributed by atoms with Gasteiger partial charge < -0.3 is 16.0 Å². The molecule has 0 saturated heterocycles. The summed E-state index contributed by atoms with van der Waals surface area (Å²) in [7, 11) is 1.57. The maximum Gasteiger partial charge on any atom is 0.320 e. The fourth-order valence-corrected chi connectivity index (χ4v) is 3.42. The Morgan fingerprint density at radius 3 is 2.96 bits per heavy atom. The topological polar surface area (TPSA) is 101 Å². The number of amides is 2. The molecule has 128 valence electrons. The number of benzene rings is 1. The molecule has 0 unspecified atom stereocenters. The summed E-state index contributed by atoms with van der Waals surface area (Å²) in [5.74, 6) is 1.48. The predicted octanol–water partition coefficient (Wildman–Crippen LogP) is 2.49. The van der Waals surface area contributed by atoms with Crippen LogP contribution in [-0.4, -0.2) is 34.4 Å². The molecule has 25 heavy (non-hydrogen) atoms. The Balaban J connectivity index is 1.63. The molecule has 1 aliphatic heterocycles. The molecule has 4 N–H and O–H groups in total. The lowest BCUT2D eigenvalue weighted by Gasteiger charge is -2.17. The first-order chi connectivity index (χ1) is 12.1. The lowest BCUT2D eigenvalue weighted by molar-refractivity contribution is 0.254. The molecule has 0 aliphatic carbocycles. The average molecular weight is 355 g/mol. The molecule has 0 spiro atoms. The van der Waals surface area contributed by atoms with Gasteiger partial charge in [-0.25, -0.2) is 14.5 Å². The van der Waals surface area contributed by atoms with E-state index in [2.05, 4.69) is 31.7 Å². The zero-order valence-electron chi connectivity index (χ0n) is 13.6. The smallest absolute Gasteiger partial charge is 0.320 e. The SMILES string of the molecule is CNC(=O)Nc1cc2n(n1)CCN2c1cccc(-c2csc(N)n2)c1. The molecule has 1 aliphatic rings. The van der Waals surface area contributed by atoms with E-state index in [0.29, 0.717) is 10.9 Å². The number of carbonyl (C=O) groups is 1. The first-order valence-corrected chi connectivity index (χ1v) is 8.67. The van der Waals surface area contributed by atoms with E-state index < -0.39 is 0 Å². The number of nitrogens with zero attached hydrogens (tertiary/aromatic N) is 4. The van der Waals surface area contributed by atoms with E-state index in [4.69, 9.17) is 5.73 Å². The molecule has 9 heteroatoms. The van der Waals surface area contributed by atoms with Gasteiger partial charge in [0.25, 0.3) is 0 Å². The Bertz CT molecular complexity index is 932. The van der Waals surface area contributed by atoms with Crippen LogP contribution < -0.4 is 21.3 Å². The lowest BCUT2D eigenvalue weighted by Crippen LogP contribution is -2.24. The van der Waals surface area contributed by atoms with Crippen LogP contribution in [0.3, 0.4) is 0 Å². The van der Waals surface area contributed by atoms with Crippen LogP contribution in [0.15, 0.2) is 35.7 Å². The number of rotatable bonds is 3. The molecule has 2 aromatic heterocycles. The summed E-state index contributed by atoms with van der Waals surface area (Å²) in [6.45, 7) is 1.59. The van der Waals surface area contributed by atoms with Gasteiger partial charge in [0.1, 0.15) is 5.82 Å². The van der Waals surface area contributed by atoms with E-state index in [1.54, 1.807) is 7.05 Å². The van der Waals surface area contributed by atoms with Crippen molar-refractivity contribution in [1.82, 2.24) is 20.1 Å². The second-order valence-corrected chi connectivity index (χ2v) is 6.48. The zero-order chi connectivity index (χ0) is 17.4. The van der Waals surface area contributed by atoms with Crippen molar-refractivity contribution in [2.45, 2.75) is 6.54 Å². The summed E-state index contributed by atoms with van der Waals surface area (Å²) in [5.41, 5.74) is 8.68. The Morgan fingerprint density at radius 2 is 2.20 bits per heavy atom. The number of nitrogen functional groups attached to an aromatic ring is 1. The molecule has 3 heterocycles. The number of fused-ring (bicyclic) bond motifs is 1. The van der Waals surface area contributed by atoms with Crippen molar-refractivity contribution in [2.24, 2.45) is 0 Å². The predicted molar refractivity (Wildman–Crippen MR) is 99.3 cm³/mol. The molecule has 8 nitrogen and oxygen atoms in total. The van der Waals surface area contributed by atoms with Gasteiger partial charge in [0.05, 0.1) is 12.2 Å².